The molecular weight excluding hydrogens is 84.1 g/mol. The minimum atomic E-state index is 0.951. The topological polar surface area (TPSA) is 0 Å². The highest BCUT2D eigenvalue weighted by molar-refractivity contribution is 4.94. The first-order valence-corrected chi connectivity index (χ1v) is 2.30. The molecule has 0 atom stereocenters. The lowest BCUT2D eigenvalue weighted by molar-refractivity contribution is 1.39. The van der Waals surface area contributed by atoms with E-state index in [-0.39, 0.29) is 0 Å². The van der Waals surface area contributed by atoms with Gasteiger partial charge < -0.3 is 0 Å². The van der Waals surface area contributed by atoms with Crippen LogP contribution in [0.15, 0.2) is 24.3 Å². The first-order chi connectivity index (χ1) is 3.41. The van der Waals surface area contributed by atoms with Gasteiger partial charge >= 0.3 is 0 Å². The summed E-state index contributed by atoms with van der Waals surface area (Å²) in [5, 5.41) is 0. The molecule has 0 spiro atoms. The maximum absolute atomic E-state index is 3.52. The Balaban J connectivity index is 2.98. The summed E-state index contributed by atoms with van der Waals surface area (Å²) in [5.74, 6) is 0. The second kappa shape index (κ2) is 5.48. The molecule has 0 saturated heterocycles. The summed E-state index contributed by atoms with van der Waals surface area (Å²) in [6.45, 7) is 7.05. The molecule has 0 bridgehead atoms. The van der Waals surface area contributed by atoms with Crippen LogP contribution in [0.3, 0.4) is 0 Å². The smallest absolute Gasteiger partial charge is 0.0169 e. The highest BCUT2D eigenvalue weighted by atomic mass is 13.7. The van der Waals surface area contributed by atoms with Crippen molar-refractivity contribution in [1.29, 1.82) is 0 Å². The Morgan fingerprint density at radius 2 is 1.43 bits per heavy atom. The standard InChI is InChI=1S/C7H10/c1-3-5-7-6-4-2/h3-6H,1-2,7H2/b5-3+,6-4+. The Kier molecular flexibility index (Phi) is 5.07. The van der Waals surface area contributed by atoms with Crippen LogP contribution in [0.1, 0.15) is 6.42 Å². The summed E-state index contributed by atoms with van der Waals surface area (Å²) in [6.07, 6.45) is 8.45. The molecule has 0 unspecified atom stereocenters. The summed E-state index contributed by atoms with van der Waals surface area (Å²) >= 11 is 0. The fraction of sp³-hybridized carbons (Fsp3) is 0.143. The van der Waals surface area contributed by atoms with Crippen LogP contribution < -0.4 is 0 Å². The number of allylic oxidation sites excluding steroid dienone is 4. The molecular formula is C7H10. The lowest BCUT2D eigenvalue weighted by Gasteiger charge is -1.73. The van der Waals surface area contributed by atoms with Crippen molar-refractivity contribution in [2.24, 2.45) is 0 Å². The van der Waals surface area contributed by atoms with Crippen molar-refractivity contribution in [1.82, 2.24) is 0 Å². The molecule has 0 aliphatic heterocycles. The summed E-state index contributed by atoms with van der Waals surface area (Å²) in [5.41, 5.74) is 0. The molecule has 0 aromatic carbocycles. The molecule has 0 N–H and O–H groups in total. The fourth-order valence-electron chi connectivity index (χ4n) is 0.271. The summed E-state index contributed by atoms with van der Waals surface area (Å²) in [4.78, 5) is 0. The van der Waals surface area contributed by atoms with Gasteiger partial charge in [-0.15, -0.1) is 0 Å². The molecule has 0 fully saturated rings. The molecule has 7 heavy (non-hydrogen) atoms. The van der Waals surface area contributed by atoms with E-state index in [9.17, 15) is 0 Å². The molecule has 38 valence electrons. The second-order valence-electron chi connectivity index (χ2n) is 1.18. The Morgan fingerprint density at radius 1 is 1.00 bits per heavy atom. The van der Waals surface area contributed by atoms with Crippen LogP contribution in [0.2, 0.25) is 0 Å². The van der Waals surface area contributed by atoms with Crippen LogP contribution in [0, 0.1) is 13.8 Å². The Labute approximate surface area is 45.5 Å². The minimum absolute atomic E-state index is 0.951. The van der Waals surface area contributed by atoms with E-state index in [1.165, 1.54) is 0 Å². The predicted octanol–water partition coefficient (Wildman–Crippen LogP) is 2.16. The van der Waals surface area contributed by atoms with Gasteiger partial charge in [-0.3, -0.25) is 0 Å². The normalized spacial score (nSPS) is 11.7. The van der Waals surface area contributed by atoms with Crippen molar-refractivity contribution >= 4 is 0 Å². The van der Waals surface area contributed by atoms with Gasteiger partial charge in [0.1, 0.15) is 0 Å². The van der Waals surface area contributed by atoms with E-state index in [1.54, 1.807) is 12.2 Å². The molecule has 0 aromatic heterocycles. The van der Waals surface area contributed by atoms with Gasteiger partial charge in [0, 0.05) is 0 Å². The van der Waals surface area contributed by atoms with Crippen molar-refractivity contribution in [2.75, 3.05) is 0 Å². The van der Waals surface area contributed by atoms with E-state index >= 15 is 0 Å². The van der Waals surface area contributed by atoms with Crippen LogP contribution >= 0.6 is 0 Å². The van der Waals surface area contributed by atoms with Crippen molar-refractivity contribution in [2.45, 2.75) is 6.42 Å². The van der Waals surface area contributed by atoms with Gasteiger partial charge in [0.2, 0.25) is 0 Å². The van der Waals surface area contributed by atoms with Gasteiger partial charge in [-0.2, -0.15) is 0 Å². The monoisotopic (exact) mass is 94.1 g/mol. The van der Waals surface area contributed by atoms with Crippen LogP contribution in [0.25, 0.3) is 0 Å². The van der Waals surface area contributed by atoms with Crippen LogP contribution in [0.4, 0.5) is 0 Å². The average molecular weight is 94.2 g/mol. The molecule has 0 heteroatoms. The molecule has 0 saturated carbocycles. The third-order valence-corrected chi connectivity index (χ3v) is 0.605. The number of hydrogen-bond donors (Lipinski definition) is 0. The van der Waals surface area contributed by atoms with E-state index in [2.05, 4.69) is 13.8 Å². The van der Waals surface area contributed by atoms with Crippen molar-refractivity contribution in [3.8, 4) is 0 Å². The zero-order chi connectivity index (χ0) is 5.54. The molecule has 0 aliphatic rings. The first-order valence-electron chi connectivity index (χ1n) is 2.30. The van der Waals surface area contributed by atoms with E-state index in [0.29, 0.717) is 0 Å². The average Bonchev–Trinajstić information content (AvgIpc) is 1.69. The highest BCUT2D eigenvalue weighted by Gasteiger charge is 1.61. The van der Waals surface area contributed by atoms with Crippen molar-refractivity contribution in [3.05, 3.63) is 38.2 Å². The molecule has 2 radical (unpaired) electrons. The zero-order valence-corrected chi connectivity index (χ0v) is 4.43. The minimum Gasteiger partial charge on any atom is -0.0879 e. The second-order valence-corrected chi connectivity index (χ2v) is 1.18. The van der Waals surface area contributed by atoms with Gasteiger partial charge in [0.05, 0.1) is 0 Å². The van der Waals surface area contributed by atoms with Crippen LogP contribution in [-0.2, 0) is 0 Å². The van der Waals surface area contributed by atoms with Gasteiger partial charge in [-0.05, 0) is 20.3 Å². The SMILES string of the molecule is [CH2]/C=C/C/C=C/[CH2]. The highest BCUT2D eigenvalue weighted by Crippen LogP contribution is 1.82. The van der Waals surface area contributed by atoms with E-state index in [4.69, 9.17) is 0 Å². The molecule has 0 aliphatic carbocycles. The predicted molar refractivity (Wildman–Crippen MR) is 33.6 cm³/mol. The van der Waals surface area contributed by atoms with Gasteiger partial charge in [0.25, 0.3) is 0 Å². The fourth-order valence-corrected chi connectivity index (χ4v) is 0.271. The van der Waals surface area contributed by atoms with E-state index in [1.807, 2.05) is 12.2 Å². The van der Waals surface area contributed by atoms with Gasteiger partial charge in [-0.25, -0.2) is 0 Å². The van der Waals surface area contributed by atoms with Gasteiger partial charge in [-0.1, -0.05) is 24.3 Å². The molecule has 0 aromatic rings. The maximum atomic E-state index is 3.52. The van der Waals surface area contributed by atoms with Gasteiger partial charge in [0.15, 0.2) is 0 Å². The van der Waals surface area contributed by atoms with Crippen LogP contribution in [0.5, 0.6) is 0 Å². The first kappa shape index (κ1) is 6.48. The lowest BCUT2D eigenvalue weighted by Crippen LogP contribution is -1.52. The number of rotatable bonds is 2. The van der Waals surface area contributed by atoms with Crippen LogP contribution in [-0.4, -0.2) is 0 Å². The third-order valence-electron chi connectivity index (χ3n) is 0.605. The van der Waals surface area contributed by atoms with E-state index < -0.39 is 0 Å². The zero-order valence-electron chi connectivity index (χ0n) is 4.43. The van der Waals surface area contributed by atoms with E-state index in [0.717, 1.165) is 6.42 Å². The quantitative estimate of drug-likeness (QED) is 0.492. The maximum Gasteiger partial charge on any atom is -0.0169 e. The Hall–Kier alpha value is -0.520. The number of hydrogen-bond acceptors (Lipinski definition) is 0. The molecule has 0 amide bonds. The van der Waals surface area contributed by atoms with Crippen molar-refractivity contribution < 1.29 is 0 Å². The lowest BCUT2D eigenvalue weighted by atomic mass is 10.3. The van der Waals surface area contributed by atoms with Crippen molar-refractivity contribution in [3.63, 3.8) is 0 Å². The Bertz CT molecular complexity index is 58.1. The summed E-state index contributed by atoms with van der Waals surface area (Å²) in [6, 6.07) is 0. The summed E-state index contributed by atoms with van der Waals surface area (Å²) in [7, 11) is 0. The molecule has 0 nitrogen and oxygen atoms in total. The molecule has 0 heterocycles. The Morgan fingerprint density at radius 3 is 1.71 bits per heavy atom. The summed E-state index contributed by atoms with van der Waals surface area (Å²) < 4.78 is 0. The molecule has 0 rings (SSSR count). The largest absolute Gasteiger partial charge is 0.0879 e. The third kappa shape index (κ3) is 5.48.